The minimum absolute atomic E-state index is 0.853. The zero-order valence-electron chi connectivity index (χ0n) is 9.63. The van der Waals surface area contributed by atoms with Gasteiger partial charge in [0.25, 0.3) is 0 Å². The van der Waals surface area contributed by atoms with Crippen LogP contribution in [-0.4, -0.2) is 13.1 Å². The van der Waals surface area contributed by atoms with Gasteiger partial charge in [0.1, 0.15) is 0 Å². The van der Waals surface area contributed by atoms with Crippen LogP contribution in [0.15, 0.2) is 24.3 Å². The maximum Gasteiger partial charge on any atom is -0.00173 e. The molecule has 0 amide bonds. The van der Waals surface area contributed by atoms with Gasteiger partial charge in [-0.1, -0.05) is 31.2 Å². The van der Waals surface area contributed by atoms with E-state index in [9.17, 15) is 0 Å². The van der Waals surface area contributed by atoms with E-state index in [4.69, 9.17) is 0 Å². The summed E-state index contributed by atoms with van der Waals surface area (Å²) in [6.07, 6.45) is 5.14. The van der Waals surface area contributed by atoms with Crippen molar-refractivity contribution in [1.29, 1.82) is 0 Å². The van der Waals surface area contributed by atoms with E-state index >= 15 is 0 Å². The van der Waals surface area contributed by atoms with E-state index in [1.807, 2.05) is 0 Å². The van der Waals surface area contributed by atoms with E-state index < -0.39 is 0 Å². The van der Waals surface area contributed by atoms with E-state index in [-0.39, 0.29) is 0 Å². The summed E-state index contributed by atoms with van der Waals surface area (Å²) in [5.74, 6) is 0.853. The van der Waals surface area contributed by atoms with Gasteiger partial charge in [0.2, 0.25) is 0 Å². The van der Waals surface area contributed by atoms with E-state index in [1.54, 1.807) is 0 Å². The summed E-state index contributed by atoms with van der Waals surface area (Å²) in [5, 5.41) is 3.48. The van der Waals surface area contributed by atoms with Crippen LogP contribution >= 0.6 is 0 Å². The molecule has 1 atom stereocenters. The average molecular weight is 203 g/mol. The minimum atomic E-state index is 0.853. The predicted molar refractivity (Wildman–Crippen MR) is 65.1 cm³/mol. The molecule has 0 saturated carbocycles. The molecule has 1 fully saturated rings. The molecule has 1 heterocycles. The third-order valence-corrected chi connectivity index (χ3v) is 3.32. The van der Waals surface area contributed by atoms with Gasteiger partial charge < -0.3 is 5.32 Å². The van der Waals surface area contributed by atoms with Crippen molar-refractivity contribution in [3.05, 3.63) is 35.4 Å². The summed E-state index contributed by atoms with van der Waals surface area (Å²) >= 11 is 0. The van der Waals surface area contributed by atoms with Crippen LogP contribution in [0.1, 0.15) is 30.9 Å². The van der Waals surface area contributed by atoms with Crippen LogP contribution in [0.2, 0.25) is 0 Å². The van der Waals surface area contributed by atoms with Gasteiger partial charge in [0, 0.05) is 0 Å². The number of aryl methyl sites for hydroxylation is 1. The third kappa shape index (κ3) is 3.07. The zero-order valence-corrected chi connectivity index (χ0v) is 9.63. The molecule has 1 N–H and O–H groups in total. The fourth-order valence-corrected chi connectivity index (χ4v) is 2.41. The van der Waals surface area contributed by atoms with E-state index in [0.717, 1.165) is 12.3 Å². The lowest BCUT2D eigenvalue weighted by molar-refractivity contribution is 0.376. The van der Waals surface area contributed by atoms with Gasteiger partial charge in [0.05, 0.1) is 0 Å². The molecule has 1 unspecified atom stereocenters. The van der Waals surface area contributed by atoms with Gasteiger partial charge in [-0.25, -0.2) is 0 Å². The molecule has 1 saturated heterocycles. The predicted octanol–water partition coefficient (Wildman–Crippen LogP) is 2.79. The molecule has 1 aromatic rings. The lowest BCUT2D eigenvalue weighted by atomic mass is 9.91. The van der Waals surface area contributed by atoms with Crippen molar-refractivity contribution in [2.75, 3.05) is 13.1 Å². The number of rotatable bonds is 3. The van der Waals surface area contributed by atoms with Crippen molar-refractivity contribution in [1.82, 2.24) is 5.32 Å². The second kappa shape index (κ2) is 5.32. The smallest absolute Gasteiger partial charge is 0.00173 e. The highest BCUT2D eigenvalue weighted by Gasteiger charge is 2.13. The van der Waals surface area contributed by atoms with Crippen LogP contribution in [-0.2, 0) is 12.8 Å². The van der Waals surface area contributed by atoms with Crippen LogP contribution in [0.25, 0.3) is 0 Å². The molecule has 82 valence electrons. The van der Waals surface area contributed by atoms with Gasteiger partial charge in [-0.15, -0.1) is 0 Å². The third-order valence-electron chi connectivity index (χ3n) is 3.32. The van der Waals surface area contributed by atoms with Gasteiger partial charge in [-0.2, -0.15) is 0 Å². The Balaban J connectivity index is 1.96. The van der Waals surface area contributed by atoms with Crippen molar-refractivity contribution in [2.45, 2.75) is 32.6 Å². The van der Waals surface area contributed by atoms with Gasteiger partial charge in [0.15, 0.2) is 0 Å². The maximum atomic E-state index is 3.48. The molecule has 1 aliphatic rings. The van der Waals surface area contributed by atoms with Gasteiger partial charge >= 0.3 is 0 Å². The first-order chi connectivity index (χ1) is 7.38. The normalized spacial score (nSPS) is 21.5. The van der Waals surface area contributed by atoms with Crippen LogP contribution in [0, 0.1) is 5.92 Å². The summed E-state index contributed by atoms with van der Waals surface area (Å²) in [6, 6.07) is 9.06. The lowest BCUT2D eigenvalue weighted by Crippen LogP contribution is -2.30. The standard InChI is InChI=1S/C14H21N/c1-2-12-5-3-6-13(9-12)10-14-7-4-8-15-11-14/h3,5-6,9,14-15H,2,4,7-8,10-11H2,1H3. The molecule has 0 bridgehead atoms. The van der Waals surface area contributed by atoms with Crippen molar-refractivity contribution in [3.8, 4) is 0 Å². The molecule has 0 aromatic heterocycles. The quantitative estimate of drug-likeness (QED) is 0.796. The Hall–Kier alpha value is -0.820. The van der Waals surface area contributed by atoms with Crippen LogP contribution in [0.4, 0.5) is 0 Å². The van der Waals surface area contributed by atoms with Crippen LogP contribution in [0.5, 0.6) is 0 Å². The maximum absolute atomic E-state index is 3.48. The zero-order chi connectivity index (χ0) is 10.5. The molecule has 0 radical (unpaired) electrons. The number of benzene rings is 1. The first-order valence-corrected chi connectivity index (χ1v) is 6.17. The largest absolute Gasteiger partial charge is 0.316 e. The number of hydrogen-bond acceptors (Lipinski definition) is 1. The highest BCUT2D eigenvalue weighted by atomic mass is 14.9. The second-order valence-corrected chi connectivity index (χ2v) is 4.59. The van der Waals surface area contributed by atoms with E-state index in [1.165, 1.54) is 43.5 Å². The molecule has 15 heavy (non-hydrogen) atoms. The van der Waals surface area contributed by atoms with Crippen LogP contribution in [0.3, 0.4) is 0 Å². The highest BCUT2D eigenvalue weighted by molar-refractivity contribution is 5.23. The van der Waals surface area contributed by atoms with Gasteiger partial charge in [-0.3, -0.25) is 0 Å². The molecular weight excluding hydrogens is 182 g/mol. The number of hydrogen-bond donors (Lipinski definition) is 1. The molecule has 0 spiro atoms. The van der Waals surface area contributed by atoms with E-state index in [0.29, 0.717) is 0 Å². The van der Waals surface area contributed by atoms with Crippen LogP contribution < -0.4 is 5.32 Å². The fourth-order valence-electron chi connectivity index (χ4n) is 2.41. The second-order valence-electron chi connectivity index (χ2n) is 4.59. The summed E-state index contributed by atoms with van der Waals surface area (Å²) in [7, 11) is 0. The van der Waals surface area contributed by atoms with Crippen molar-refractivity contribution in [3.63, 3.8) is 0 Å². The molecule has 1 heteroatoms. The summed E-state index contributed by atoms with van der Waals surface area (Å²) in [6.45, 7) is 4.64. The Morgan fingerprint density at radius 2 is 2.20 bits per heavy atom. The molecule has 1 aliphatic heterocycles. The van der Waals surface area contributed by atoms with E-state index in [2.05, 4.69) is 36.5 Å². The van der Waals surface area contributed by atoms with Crippen molar-refractivity contribution in [2.24, 2.45) is 5.92 Å². The lowest BCUT2D eigenvalue weighted by Gasteiger charge is -2.22. The number of nitrogens with one attached hydrogen (secondary N) is 1. The molecule has 1 aromatic carbocycles. The fraction of sp³-hybridized carbons (Fsp3) is 0.571. The van der Waals surface area contributed by atoms with Crippen molar-refractivity contribution >= 4 is 0 Å². The summed E-state index contributed by atoms with van der Waals surface area (Å²) < 4.78 is 0. The Kier molecular flexibility index (Phi) is 3.79. The Labute approximate surface area is 92.9 Å². The average Bonchev–Trinajstić information content (AvgIpc) is 2.31. The topological polar surface area (TPSA) is 12.0 Å². The SMILES string of the molecule is CCc1cccc(CC2CCCNC2)c1. The molecular formula is C14H21N. The molecule has 0 aliphatic carbocycles. The Bertz CT molecular complexity index is 300. The van der Waals surface area contributed by atoms with Gasteiger partial charge in [-0.05, 0) is 55.8 Å². The summed E-state index contributed by atoms with van der Waals surface area (Å²) in [4.78, 5) is 0. The monoisotopic (exact) mass is 203 g/mol. The first-order valence-electron chi connectivity index (χ1n) is 6.17. The Morgan fingerprint density at radius 1 is 1.33 bits per heavy atom. The first kappa shape index (κ1) is 10.7. The van der Waals surface area contributed by atoms with Crippen molar-refractivity contribution < 1.29 is 0 Å². The minimum Gasteiger partial charge on any atom is -0.316 e. The highest BCUT2D eigenvalue weighted by Crippen LogP contribution is 2.17. The Morgan fingerprint density at radius 3 is 2.93 bits per heavy atom. The molecule has 2 rings (SSSR count). The molecule has 1 nitrogen and oxygen atoms in total. The summed E-state index contributed by atoms with van der Waals surface area (Å²) in [5.41, 5.74) is 2.99. The number of piperidine rings is 1.